The molecule has 9 heteroatoms. The summed E-state index contributed by atoms with van der Waals surface area (Å²) in [5.41, 5.74) is 2.22. The van der Waals surface area contributed by atoms with Gasteiger partial charge < -0.3 is 24.8 Å². The van der Waals surface area contributed by atoms with Crippen molar-refractivity contribution in [2.24, 2.45) is 11.8 Å². The maximum absolute atomic E-state index is 14.2. The van der Waals surface area contributed by atoms with Crippen molar-refractivity contribution in [3.63, 3.8) is 0 Å². The molecule has 38 heavy (non-hydrogen) atoms. The Kier molecular flexibility index (Phi) is 7.37. The van der Waals surface area contributed by atoms with E-state index in [1.807, 2.05) is 62.4 Å². The first-order chi connectivity index (χ1) is 18.2. The van der Waals surface area contributed by atoms with Crippen LogP contribution in [0.25, 0.3) is 0 Å². The van der Waals surface area contributed by atoms with E-state index >= 15 is 0 Å². The highest BCUT2D eigenvalue weighted by atomic mass is 79.9. The molecular formula is C29H33BrN2O6. The van der Waals surface area contributed by atoms with Crippen molar-refractivity contribution >= 4 is 39.4 Å². The number of nitrogens with zero attached hydrogens (tertiary/aromatic N) is 1. The summed E-state index contributed by atoms with van der Waals surface area (Å²) in [5, 5.41) is 13.5. The predicted octanol–water partition coefficient (Wildman–Crippen LogP) is 3.16. The quantitative estimate of drug-likeness (QED) is 0.365. The zero-order chi connectivity index (χ0) is 27.2. The van der Waals surface area contributed by atoms with Crippen LogP contribution < -0.4 is 5.32 Å². The number of likely N-dealkylation sites (tertiary alicyclic amines) is 1. The molecule has 0 aliphatic carbocycles. The maximum Gasteiger partial charge on any atom is 0.312 e. The molecule has 8 nitrogen and oxygen atoms in total. The summed E-state index contributed by atoms with van der Waals surface area (Å²) in [6.07, 6.45) is 0.155. The number of hydrogen-bond donors (Lipinski definition) is 2. The molecule has 2 N–H and O–H groups in total. The third-order valence-electron chi connectivity index (χ3n) is 8.10. The molecule has 3 fully saturated rings. The van der Waals surface area contributed by atoms with Gasteiger partial charge in [-0.3, -0.25) is 14.4 Å². The summed E-state index contributed by atoms with van der Waals surface area (Å²) in [6.45, 7) is 5.40. The Bertz CT molecular complexity index is 1240. The highest BCUT2D eigenvalue weighted by Gasteiger charge is 2.77. The van der Waals surface area contributed by atoms with Crippen LogP contribution in [-0.2, 0) is 30.3 Å². The summed E-state index contributed by atoms with van der Waals surface area (Å²) in [5.74, 6) is -2.97. The van der Waals surface area contributed by atoms with Crippen molar-refractivity contribution in [2.45, 2.75) is 62.2 Å². The zero-order valence-corrected chi connectivity index (χ0v) is 23.3. The fourth-order valence-corrected chi connectivity index (χ4v) is 7.42. The van der Waals surface area contributed by atoms with Crippen molar-refractivity contribution in [3.8, 4) is 0 Å². The second-order valence-electron chi connectivity index (χ2n) is 10.5. The number of carbonyl (C=O) groups excluding carboxylic acids is 3. The van der Waals surface area contributed by atoms with Crippen molar-refractivity contribution < 1.29 is 29.0 Å². The van der Waals surface area contributed by atoms with E-state index in [0.717, 1.165) is 16.7 Å². The van der Waals surface area contributed by atoms with E-state index in [1.165, 1.54) is 4.90 Å². The van der Waals surface area contributed by atoms with Crippen LogP contribution in [0, 0.1) is 25.7 Å². The summed E-state index contributed by atoms with van der Waals surface area (Å²) in [7, 11) is 0. The van der Waals surface area contributed by atoms with Gasteiger partial charge in [0.2, 0.25) is 11.8 Å². The number of aryl methyl sites for hydroxylation is 2. The molecule has 0 radical (unpaired) electrons. The van der Waals surface area contributed by atoms with Crippen LogP contribution in [0.5, 0.6) is 0 Å². The zero-order valence-electron chi connectivity index (χ0n) is 21.7. The number of esters is 1. The topological polar surface area (TPSA) is 105 Å². The van der Waals surface area contributed by atoms with Gasteiger partial charge in [0.15, 0.2) is 0 Å². The van der Waals surface area contributed by atoms with E-state index in [-0.39, 0.29) is 23.9 Å². The van der Waals surface area contributed by atoms with Crippen molar-refractivity contribution in [3.05, 3.63) is 65.2 Å². The maximum atomic E-state index is 14.2. The number of rotatable bonds is 8. The van der Waals surface area contributed by atoms with E-state index in [2.05, 4.69) is 21.2 Å². The van der Waals surface area contributed by atoms with Gasteiger partial charge in [-0.2, -0.15) is 0 Å². The monoisotopic (exact) mass is 584 g/mol. The average molecular weight is 585 g/mol. The molecule has 7 atom stereocenters. The van der Waals surface area contributed by atoms with Crippen LogP contribution in [0.1, 0.15) is 30.0 Å². The lowest BCUT2D eigenvalue weighted by Crippen LogP contribution is -2.57. The van der Waals surface area contributed by atoms with Gasteiger partial charge in [0.1, 0.15) is 11.6 Å². The smallest absolute Gasteiger partial charge is 0.312 e. The van der Waals surface area contributed by atoms with E-state index in [4.69, 9.17) is 9.47 Å². The Morgan fingerprint density at radius 1 is 1.24 bits per heavy atom. The van der Waals surface area contributed by atoms with Crippen LogP contribution in [-0.4, -0.2) is 69.6 Å². The second kappa shape index (κ2) is 10.4. The highest BCUT2D eigenvalue weighted by molar-refractivity contribution is 9.09. The number of hydrogen-bond acceptors (Lipinski definition) is 6. The Hall–Kier alpha value is -2.75. The first kappa shape index (κ1) is 26.8. The first-order valence-electron chi connectivity index (χ1n) is 13.1. The van der Waals surface area contributed by atoms with Gasteiger partial charge in [-0.15, -0.1) is 0 Å². The fraction of sp³-hybridized carbons (Fsp3) is 0.483. The molecule has 202 valence electrons. The normalized spacial score (nSPS) is 30.3. The van der Waals surface area contributed by atoms with Gasteiger partial charge in [0, 0.05) is 10.5 Å². The molecule has 3 saturated heterocycles. The van der Waals surface area contributed by atoms with Crippen LogP contribution in [0.3, 0.4) is 0 Å². The highest BCUT2D eigenvalue weighted by Crippen LogP contribution is 2.60. The summed E-state index contributed by atoms with van der Waals surface area (Å²) < 4.78 is 11.9. The molecule has 2 aromatic carbocycles. The molecule has 3 aliphatic heterocycles. The van der Waals surface area contributed by atoms with E-state index in [0.29, 0.717) is 18.5 Å². The van der Waals surface area contributed by atoms with Gasteiger partial charge in [-0.25, -0.2) is 0 Å². The third kappa shape index (κ3) is 4.34. The van der Waals surface area contributed by atoms with E-state index in [9.17, 15) is 19.5 Å². The van der Waals surface area contributed by atoms with Gasteiger partial charge >= 0.3 is 5.97 Å². The largest absolute Gasteiger partial charge is 0.466 e. The van der Waals surface area contributed by atoms with Gasteiger partial charge in [0.05, 0.1) is 37.2 Å². The lowest BCUT2D eigenvalue weighted by atomic mass is 9.70. The number of aliphatic hydroxyl groups excluding tert-OH is 1. The minimum Gasteiger partial charge on any atom is -0.466 e. The number of anilines is 1. The van der Waals surface area contributed by atoms with Crippen LogP contribution in [0.2, 0.25) is 0 Å². The second-order valence-corrected chi connectivity index (χ2v) is 11.7. The lowest BCUT2D eigenvalue weighted by molar-refractivity contribution is -0.155. The van der Waals surface area contributed by atoms with Gasteiger partial charge in [0.25, 0.3) is 0 Å². The Morgan fingerprint density at radius 2 is 1.97 bits per heavy atom. The molecule has 3 aliphatic rings. The van der Waals surface area contributed by atoms with Gasteiger partial charge in [-0.05, 0) is 56.4 Å². The summed E-state index contributed by atoms with van der Waals surface area (Å²) in [6, 6.07) is 13.6. The first-order valence-corrected chi connectivity index (χ1v) is 14.0. The summed E-state index contributed by atoms with van der Waals surface area (Å²) >= 11 is 3.66. The standard InChI is InChI=1S/C29H33BrN2O6/c1-4-37-28(36)22-23-27(35)32(19(15-33)13-18-8-6-5-7-9-18)25(29(23)14-20(30)24(22)38-29)26(34)31-21-12-16(2)10-11-17(21)3/h5-12,19-20,22-25,33H,4,13-15H2,1-3H3,(H,31,34)/t19-,20?,22+,23-,24+,25+,29-/m1/s1. The molecule has 2 aromatic rings. The van der Waals surface area contributed by atoms with Crippen LogP contribution >= 0.6 is 15.9 Å². The molecule has 1 unspecified atom stereocenters. The number of benzene rings is 2. The number of halogens is 1. The molecule has 2 amide bonds. The van der Waals surface area contributed by atoms with Crippen molar-refractivity contribution in [1.29, 1.82) is 0 Å². The lowest BCUT2D eigenvalue weighted by Gasteiger charge is -2.37. The number of alkyl halides is 1. The third-order valence-corrected chi connectivity index (χ3v) is 8.95. The SMILES string of the molecule is CCOC(=O)[C@@H]1[C@H]2O[C@@]3(CC2Br)[C@H](C(=O)Nc2cc(C)ccc2C)N([C@@H](CO)Cc2ccccc2)C(=O)[C@@H]13. The van der Waals surface area contributed by atoms with Crippen molar-refractivity contribution in [1.82, 2.24) is 4.90 Å². The molecule has 1 spiro atoms. The fourth-order valence-electron chi connectivity index (χ4n) is 6.48. The average Bonchev–Trinajstić information content (AvgIpc) is 3.49. The van der Waals surface area contributed by atoms with E-state index < -0.39 is 47.5 Å². The Morgan fingerprint density at radius 3 is 2.66 bits per heavy atom. The minimum atomic E-state index is -1.22. The molecule has 0 aromatic heterocycles. The number of aliphatic hydroxyl groups is 1. The molecule has 0 saturated carbocycles. The Labute approximate surface area is 230 Å². The van der Waals surface area contributed by atoms with Gasteiger partial charge in [-0.1, -0.05) is 58.4 Å². The number of nitrogens with one attached hydrogen (secondary N) is 1. The summed E-state index contributed by atoms with van der Waals surface area (Å²) in [4.78, 5) is 42.7. The molecule has 3 heterocycles. The minimum absolute atomic E-state index is 0.177. The Balaban J connectivity index is 1.58. The van der Waals surface area contributed by atoms with Crippen LogP contribution in [0.15, 0.2) is 48.5 Å². The molecule has 5 rings (SSSR count). The molecular weight excluding hydrogens is 552 g/mol. The predicted molar refractivity (Wildman–Crippen MR) is 145 cm³/mol. The number of ether oxygens (including phenoxy) is 2. The number of carbonyl (C=O) groups is 3. The molecule has 2 bridgehead atoms. The van der Waals surface area contributed by atoms with E-state index in [1.54, 1.807) is 6.92 Å². The number of amides is 2. The number of fused-ring (bicyclic) bond motifs is 1. The van der Waals surface area contributed by atoms with Crippen LogP contribution in [0.4, 0.5) is 5.69 Å². The van der Waals surface area contributed by atoms with Crippen molar-refractivity contribution in [2.75, 3.05) is 18.5 Å².